The molecule has 0 spiro atoms. The first-order valence-electron chi connectivity index (χ1n) is 21.1. The average molecular weight is 828 g/mol. The van der Waals surface area contributed by atoms with E-state index >= 15 is 0 Å². The van der Waals surface area contributed by atoms with Crippen LogP contribution < -0.4 is 16.0 Å². The number of halogens is 2. The fourth-order valence-corrected chi connectivity index (χ4v) is 8.68. The highest BCUT2D eigenvalue weighted by Gasteiger charge is 2.48. The number of rotatable bonds is 11. The van der Waals surface area contributed by atoms with E-state index in [2.05, 4.69) is 16.0 Å². The van der Waals surface area contributed by atoms with Crippen molar-refractivity contribution in [1.29, 1.82) is 0 Å². The van der Waals surface area contributed by atoms with Gasteiger partial charge >= 0.3 is 18.3 Å². The number of hydrogen-bond donors (Lipinski definition) is 4. The lowest BCUT2D eigenvalue weighted by Gasteiger charge is -2.43. The number of likely N-dealkylation sites (tertiary alicyclic amines) is 1. The predicted octanol–water partition coefficient (Wildman–Crippen LogP) is 9.51. The van der Waals surface area contributed by atoms with Crippen molar-refractivity contribution in [3.8, 4) is 0 Å². The number of benzene rings is 1. The van der Waals surface area contributed by atoms with Crippen molar-refractivity contribution in [3.63, 3.8) is 0 Å². The van der Waals surface area contributed by atoms with E-state index in [1.807, 2.05) is 30.3 Å². The fraction of sp³-hybridized carbons (Fsp3) is 0.659. The number of hydrogen-bond acceptors (Lipinski definition) is 9. The second-order valence-electron chi connectivity index (χ2n) is 18.4. The highest BCUT2D eigenvalue weighted by Crippen LogP contribution is 2.43. The Balaban J connectivity index is 1.55. The summed E-state index contributed by atoms with van der Waals surface area (Å²) in [4.78, 5) is 61.2. The van der Waals surface area contributed by atoms with E-state index in [-0.39, 0.29) is 48.1 Å². The minimum Gasteiger partial charge on any atom is -0.445 e. The van der Waals surface area contributed by atoms with Gasteiger partial charge in [-0.1, -0.05) is 94.5 Å². The van der Waals surface area contributed by atoms with Crippen LogP contribution in [0.25, 0.3) is 0 Å². The van der Waals surface area contributed by atoms with Crippen LogP contribution in [0.15, 0.2) is 42.5 Å². The molecule has 0 bridgehead atoms. The van der Waals surface area contributed by atoms with Gasteiger partial charge in [0.05, 0.1) is 17.4 Å². The molecule has 4 N–H and O–H groups in total. The monoisotopic (exact) mass is 827 g/mol. The van der Waals surface area contributed by atoms with Gasteiger partial charge < -0.3 is 30.0 Å². The maximum absolute atomic E-state index is 14.9. The summed E-state index contributed by atoms with van der Waals surface area (Å²) < 4.78 is 45.5. The first kappa shape index (κ1) is 45.6. The number of aliphatic hydroxyl groups is 1. The van der Waals surface area contributed by atoms with Crippen molar-refractivity contribution < 1.29 is 47.3 Å². The van der Waals surface area contributed by atoms with Crippen molar-refractivity contribution in [1.82, 2.24) is 15.2 Å². The zero-order valence-corrected chi connectivity index (χ0v) is 35.4. The van der Waals surface area contributed by atoms with Crippen LogP contribution in [-0.2, 0) is 25.6 Å². The molecule has 2 aromatic rings. The maximum Gasteiger partial charge on any atom is 0.412 e. The van der Waals surface area contributed by atoms with E-state index in [0.717, 1.165) is 69.8 Å². The third kappa shape index (κ3) is 13.0. The Labute approximate surface area is 346 Å². The molecule has 1 aliphatic heterocycles. The molecule has 1 aromatic carbocycles. The van der Waals surface area contributed by atoms with Crippen LogP contribution in [0.1, 0.15) is 136 Å². The summed E-state index contributed by atoms with van der Waals surface area (Å²) >= 11 is 0. The third-order valence-corrected chi connectivity index (χ3v) is 11.4. The number of pyridine rings is 1. The van der Waals surface area contributed by atoms with Crippen molar-refractivity contribution in [2.24, 2.45) is 17.8 Å². The van der Waals surface area contributed by atoms with Crippen LogP contribution in [0.4, 0.5) is 34.7 Å². The van der Waals surface area contributed by atoms with E-state index in [1.54, 1.807) is 41.5 Å². The van der Waals surface area contributed by atoms with Gasteiger partial charge in [-0.15, -0.1) is 0 Å². The second-order valence-corrected chi connectivity index (χ2v) is 18.4. The number of anilines is 2. The smallest absolute Gasteiger partial charge is 0.412 e. The van der Waals surface area contributed by atoms with Gasteiger partial charge in [0.2, 0.25) is 5.91 Å². The first-order chi connectivity index (χ1) is 27.8. The highest BCUT2D eigenvalue weighted by atomic mass is 19.3. The number of nitrogens with zero attached hydrogens (tertiary/aromatic N) is 2. The normalized spacial score (nSPS) is 21.4. The van der Waals surface area contributed by atoms with Crippen LogP contribution in [0.3, 0.4) is 0 Å². The number of piperidine rings is 1. The Kier molecular flexibility index (Phi) is 15.2. The lowest BCUT2D eigenvalue weighted by Crippen LogP contribution is -2.53. The Morgan fingerprint density at radius 2 is 1.42 bits per heavy atom. The van der Waals surface area contributed by atoms with Gasteiger partial charge in [-0.3, -0.25) is 15.0 Å². The topological polar surface area (TPSA) is 168 Å². The van der Waals surface area contributed by atoms with Gasteiger partial charge in [-0.2, -0.15) is 0 Å². The lowest BCUT2D eigenvalue weighted by atomic mass is 9.66. The number of nitrogens with one attached hydrogen (secondary N) is 3. The van der Waals surface area contributed by atoms with Gasteiger partial charge in [0.25, 0.3) is 6.43 Å². The van der Waals surface area contributed by atoms with E-state index in [1.165, 1.54) is 17.0 Å². The summed E-state index contributed by atoms with van der Waals surface area (Å²) in [7, 11) is 0. The Morgan fingerprint density at radius 1 is 0.831 bits per heavy atom. The molecule has 5 rings (SSSR count). The molecular formula is C44H63F2N5O8. The number of amides is 4. The van der Waals surface area contributed by atoms with Crippen molar-refractivity contribution in [2.75, 3.05) is 17.2 Å². The molecule has 3 atom stereocenters. The number of carbonyl (C=O) groups is 4. The van der Waals surface area contributed by atoms with Crippen LogP contribution in [0.5, 0.6) is 0 Å². The molecule has 0 radical (unpaired) electrons. The number of aromatic nitrogens is 1. The SMILES string of the molecule is CC(C)(C)OC(=O)Nc1ccc([C@@H]2C[C@@](O)(C(F)F)CCN2C(=O)OC(C)(C)C)nc1NC(=O)[C@@H](NC(=O)OCc1ccccc1)C(C1CCCCC1)C1CCCCC1. The molecule has 3 fully saturated rings. The van der Waals surface area contributed by atoms with E-state index < -0.39 is 72.3 Å². The summed E-state index contributed by atoms with van der Waals surface area (Å²) in [6.07, 6.45) is 3.33. The molecule has 2 heterocycles. The molecule has 326 valence electrons. The van der Waals surface area contributed by atoms with Crippen LogP contribution in [0, 0.1) is 17.8 Å². The number of ether oxygens (including phenoxy) is 3. The largest absolute Gasteiger partial charge is 0.445 e. The van der Waals surface area contributed by atoms with Gasteiger partial charge in [-0.05, 0) is 83.4 Å². The summed E-state index contributed by atoms with van der Waals surface area (Å²) in [6.45, 7) is 9.85. The lowest BCUT2D eigenvalue weighted by molar-refractivity contribution is -0.139. The van der Waals surface area contributed by atoms with E-state index in [0.29, 0.717) is 0 Å². The molecular weight excluding hydrogens is 765 g/mol. The molecule has 1 saturated heterocycles. The van der Waals surface area contributed by atoms with Crippen molar-refractivity contribution in [3.05, 3.63) is 53.7 Å². The molecule has 59 heavy (non-hydrogen) atoms. The predicted molar refractivity (Wildman–Crippen MR) is 219 cm³/mol. The second kappa shape index (κ2) is 19.7. The maximum atomic E-state index is 14.9. The van der Waals surface area contributed by atoms with Crippen molar-refractivity contribution in [2.45, 2.75) is 161 Å². The number of carbonyl (C=O) groups excluding carboxylic acids is 4. The molecule has 2 aliphatic carbocycles. The Bertz CT molecular complexity index is 1720. The van der Waals surface area contributed by atoms with Gasteiger partial charge in [-0.25, -0.2) is 28.1 Å². The summed E-state index contributed by atoms with van der Waals surface area (Å²) in [5, 5.41) is 19.5. The Morgan fingerprint density at radius 3 is 1.98 bits per heavy atom. The van der Waals surface area contributed by atoms with E-state index in [4.69, 9.17) is 19.2 Å². The standard InChI is InChI=1S/C44H63F2N5O8/c1-42(2,3)58-40(54)48-32-23-22-31(33-26-44(56,38(45)46)24-25-51(33)41(55)59-43(4,5)6)47-36(32)50-37(52)35(49-39(53)57-27-28-16-10-7-11-17-28)34(29-18-12-8-13-19-29)30-20-14-9-15-21-30/h7,10-11,16-17,22-23,29-30,33-35,38,56H,8-9,12-15,18-21,24-27H2,1-6H3,(H,48,54)(H,49,53)(H,47,50,52)/t33-,35-,44+/m0/s1. The molecule has 15 heteroatoms. The summed E-state index contributed by atoms with van der Waals surface area (Å²) in [6, 6.07) is 9.80. The first-order valence-corrected chi connectivity index (χ1v) is 21.1. The summed E-state index contributed by atoms with van der Waals surface area (Å²) in [5.41, 5.74) is -3.37. The quantitative estimate of drug-likeness (QED) is 0.161. The average Bonchev–Trinajstić information content (AvgIpc) is 3.17. The van der Waals surface area contributed by atoms with Crippen LogP contribution >= 0.6 is 0 Å². The Hall–Kier alpha value is -4.53. The number of alkyl halides is 2. The molecule has 1 aromatic heterocycles. The zero-order chi connectivity index (χ0) is 43.0. The van der Waals surface area contributed by atoms with Gasteiger partial charge in [0, 0.05) is 13.0 Å². The molecule has 2 saturated carbocycles. The molecule has 13 nitrogen and oxygen atoms in total. The third-order valence-electron chi connectivity index (χ3n) is 11.4. The van der Waals surface area contributed by atoms with Crippen molar-refractivity contribution >= 4 is 35.7 Å². The van der Waals surface area contributed by atoms with Crippen LogP contribution in [-0.4, -0.2) is 75.0 Å². The number of alkyl carbamates (subject to hydrolysis) is 1. The zero-order valence-electron chi connectivity index (χ0n) is 35.4. The molecule has 0 unspecified atom stereocenters. The molecule has 4 amide bonds. The highest BCUT2D eigenvalue weighted by molar-refractivity contribution is 6.00. The minimum atomic E-state index is -3.12. The van der Waals surface area contributed by atoms with Gasteiger partial charge in [0.15, 0.2) is 5.82 Å². The molecule has 3 aliphatic rings. The summed E-state index contributed by atoms with van der Waals surface area (Å²) in [5.74, 6) is -0.715. The van der Waals surface area contributed by atoms with Crippen LogP contribution in [0.2, 0.25) is 0 Å². The minimum absolute atomic E-state index is 0.00735. The van der Waals surface area contributed by atoms with E-state index in [9.17, 15) is 33.1 Å². The van der Waals surface area contributed by atoms with Gasteiger partial charge in [0.1, 0.15) is 29.5 Å². The fourth-order valence-electron chi connectivity index (χ4n) is 8.68.